The van der Waals surface area contributed by atoms with E-state index in [2.05, 4.69) is 42.6 Å². The Morgan fingerprint density at radius 1 is 1.00 bits per heavy atom. The number of ketones is 1. The first-order chi connectivity index (χ1) is 13.1. The van der Waals surface area contributed by atoms with Crippen molar-refractivity contribution in [3.63, 3.8) is 0 Å². The van der Waals surface area contributed by atoms with E-state index in [1.54, 1.807) is 0 Å². The highest BCUT2D eigenvalue weighted by molar-refractivity contribution is 6.30. The van der Waals surface area contributed by atoms with Crippen LogP contribution < -0.4 is 5.32 Å². The number of hydrogen-bond acceptors (Lipinski definition) is 2. The molecule has 0 radical (unpaired) electrons. The van der Waals surface area contributed by atoms with Gasteiger partial charge < -0.3 is 5.32 Å². The van der Waals surface area contributed by atoms with Gasteiger partial charge in [0.05, 0.1) is 6.04 Å². The number of Topliss-reactive ketones (excluding diaryl/α,β-unsaturated/α-hetero) is 1. The summed E-state index contributed by atoms with van der Waals surface area (Å²) in [5, 5.41) is 4.28. The number of benzene rings is 3. The van der Waals surface area contributed by atoms with Crippen LogP contribution in [0.4, 0.5) is 5.69 Å². The van der Waals surface area contributed by atoms with Crippen molar-refractivity contribution in [3.8, 4) is 0 Å². The normalized spacial score (nSPS) is 25.1. The lowest BCUT2D eigenvalue weighted by molar-refractivity contribution is 0.0922. The van der Waals surface area contributed by atoms with Crippen LogP contribution in [0, 0.1) is 5.92 Å². The number of carbonyl (C=O) groups is 1. The standard InChI is InChI=1S/C24H20ClNO/c1-24-18-10-6-5-9-16(18)13-20(24)22(23(27)15-7-3-2-4-8-15)26-21-12-11-17(25)14-19(21)24/h2-12,14,20,22,26H,13H2,1H3/t20-,22-,24+/m0/s1. The SMILES string of the molecule is C[C@]12c3ccccc3C[C@H]1[C@@H](C(=O)c1ccccc1)Nc1ccc(Cl)cc12. The minimum Gasteiger partial charge on any atom is -0.374 e. The average molecular weight is 374 g/mol. The monoisotopic (exact) mass is 373 g/mol. The smallest absolute Gasteiger partial charge is 0.185 e. The molecule has 1 heterocycles. The van der Waals surface area contributed by atoms with Crippen LogP contribution in [0.1, 0.15) is 34.0 Å². The Hall–Kier alpha value is -2.58. The molecule has 1 aliphatic heterocycles. The van der Waals surface area contributed by atoms with E-state index in [0.717, 1.165) is 22.7 Å². The Morgan fingerprint density at radius 2 is 1.74 bits per heavy atom. The maximum absolute atomic E-state index is 13.4. The van der Waals surface area contributed by atoms with Crippen LogP contribution in [-0.4, -0.2) is 11.8 Å². The van der Waals surface area contributed by atoms with E-state index in [-0.39, 0.29) is 23.2 Å². The molecule has 3 aromatic carbocycles. The highest BCUT2D eigenvalue weighted by atomic mass is 35.5. The second-order valence-corrected chi connectivity index (χ2v) is 8.15. The summed E-state index contributed by atoms with van der Waals surface area (Å²) in [6, 6.07) is 23.8. The second kappa shape index (κ2) is 5.97. The Labute approximate surface area is 164 Å². The summed E-state index contributed by atoms with van der Waals surface area (Å²) in [7, 11) is 0. The van der Waals surface area contributed by atoms with Crippen molar-refractivity contribution in [2.24, 2.45) is 5.92 Å². The minimum absolute atomic E-state index is 0.147. The lowest BCUT2D eigenvalue weighted by Gasteiger charge is -2.44. The minimum atomic E-state index is -0.265. The number of fused-ring (bicyclic) bond motifs is 5. The van der Waals surface area contributed by atoms with Crippen LogP contribution in [0.5, 0.6) is 0 Å². The molecule has 3 heteroatoms. The quantitative estimate of drug-likeness (QED) is 0.601. The molecule has 1 N–H and O–H groups in total. The zero-order valence-electron chi connectivity index (χ0n) is 15.1. The second-order valence-electron chi connectivity index (χ2n) is 7.71. The van der Waals surface area contributed by atoms with Gasteiger partial charge in [0.1, 0.15) is 0 Å². The van der Waals surface area contributed by atoms with Gasteiger partial charge in [0.2, 0.25) is 0 Å². The fourth-order valence-electron chi connectivity index (χ4n) is 5.01. The van der Waals surface area contributed by atoms with Crippen LogP contribution >= 0.6 is 11.6 Å². The summed E-state index contributed by atoms with van der Waals surface area (Å²) in [6.07, 6.45) is 0.884. The van der Waals surface area contributed by atoms with Crippen molar-refractivity contribution in [2.75, 3.05) is 5.32 Å². The van der Waals surface area contributed by atoms with Crippen molar-refractivity contribution >= 4 is 23.1 Å². The van der Waals surface area contributed by atoms with E-state index in [1.807, 2.05) is 42.5 Å². The largest absolute Gasteiger partial charge is 0.374 e. The predicted molar refractivity (Wildman–Crippen MR) is 110 cm³/mol. The zero-order chi connectivity index (χ0) is 18.6. The number of hydrogen-bond donors (Lipinski definition) is 1. The predicted octanol–water partition coefficient (Wildman–Crippen LogP) is 5.50. The first kappa shape index (κ1) is 16.6. The van der Waals surface area contributed by atoms with Crippen LogP contribution in [0.3, 0.4) is 0 Å². The van der Waals surface area contributed by atoms with Crippen molar-refractivity contribution in [3.05, 3.63) is 100 Å². The molecule has 0 bridgehead atoms. The fourth-order valence-corrected chi connectivity index (χ4v) is 5.18. The van der Waals surface area contributed by atoms with E-state index >= 15 is 0 Å². The molecule has 0 amide bonds. The third kappa shape index (κ3) is 2.36. The van der Waals surface area contributed by atoms with Gasteiger partial charge in [-0.15, -0.1) is 0 Å². The lowest BCUT2D eigenvalue weighted by atomic mass is 9.64. The van der Waals surface area contributed by atoms with Crippen molar-refractivity contribution in [2.45, 2.75) is 24.8 Å². The molecule has 5 rings (SSSR count). The van der Waals surface area contributed by atoms with Crippen molar-refractivity contribution in [1.82, 2.24) is 0 Å². The maximum atomic E-state index is 13.4. The lowest BCUT2D eigenvalue weighted by Crippen LogP contribution is -2.50. The number of anilines is 1. The average Bonchev–Trinajstić information content (AvgIpc) is 3.02. The summed E-state index contributed by atoms with van der Waals surface area (Å²) in [5.41, 5.74) is 5.34. The molecule has 27 heavy (non-hydrogen) atoms. The number of rotatable bonds is 2. The maximum Gasteiger partial charge on any atom is 0.185 e. The van der Waals surface area contributed by atoms with Gasteiger partial charge in [-0.1, -0.05) is 73.1 Å². The molecule has 0 fully saturated rings. The summed E-state index contributed by atoms with van der Waals surface area (Å²) in [4.78, 5) is 13.4. The number of halogens is 1. The summed E-state index contributed by atoms with van der Waals surface area (Å²) in [5.74, 6) is 0.300. The Balaban J connectivity index is 1.70. The first-order valence-electron chi connectivity index (χ1n) is 9.33. The highest BCUT2D eigenvalue weighted by Crippen LogP contribution is 2.54. The first-order valence-corrected chi connectivity index (χ1v) is 9.71. The van der Waals surface area contributed by atoms with Gasteiger partial charge in [-0.2, -0.15) is 0 Å². The molecule has 1 aliphatic carbocycles. The molecule has 2 nitrogen and oxygen atoms in total. The van der Waals surface area contributed by atoms with E-state index in [9.17, 15) is 4.79 Å². The molecule has 0 spiro atoms. The molecule has 134 valence electrons. The summed E-state index contributed by atoms with van der Waals surface area (Å²) < 4.78 is 0. The van der Waals surface area contributed by atoms with E-state index in [0.29, 0.717) is 0 Å². The number of carbonyl (C=O) groups excluding carboxylic acids is 1. The molecular weight excluding hydrogens is 354 g/mol. The Kier molecular flexibility index (Phi) is 3.66. The van der Waals surface area contributed by atoms with Crippen LogP contribution in [0.2, 0.25) is 5.02 Å². The van der Waals surface area contributed by atoms with Crippen LogP contribution in [0.25, 0.3) is 0 Å². The molecular formula is C24H20ClNO. The zero-order valence-corrected chi connectivity index (χ0v) is 15.8. The van der Waals surface area contributed by atoms with Gasteiger partial charge in [-0.3, -0.25) is 4.79 Å². The molecule has 0 unspecified atom stereocenters. The topological polar surface area (TPSA) is 29.1 Å². The molecule has 0 aromatic heterocycles. The summed E-state index contributed by atoms with van der Waals surface area (Å²) in [6.45, 7) is 2.27. The highest BCUT2D eigenvalue weighted by Gasteiger charge is 2.53. The molecule has 2 aliphatic rings. The third-order valence-electron chi connectivity index (χ3n) is 6.35. The van der Waals surface area contributed by atoms with Crippen LogP contribution in [-0.2, 0) is 11.8 Å². The van der Waals surface area contributed by atoms with Gasteiger partial charge in [0.15, 0.2) is 5.78 Å². The Bertz CT molecular complexity index is 1050. The summed E-state index contributed by atoms with van der Waals surface area (Å²) >= 11 is 6.36. The van der Waals surface area contributed by atoms with E-state index in [1.165, 1.54) is 16.7 Å². The van der Waals surface area contributed by atoms with Gasteiger partial charge in [-0.05, 0) is 41.3 Å². The van der Waals surface area contributed by atoms with E-state index in [4.69, 9.17) is 11.6 Å². The third-order valence-corrected chi connectivity index (χ3v) is 6.59. The molecule has 3 atom stereocenters. The van der Waals surface area contributed by atoms with Crippen molar-refractivity contribution in [1.29, 1.82) is 0 Å². The molecule has 3 aromatic rings. The Morgan fingerprint density at radius 3 is 2.56 bits per heavy atom. The molecule has 0 saturated carbocycles. The van der Waals surface area contributed by atoms with Gasteiger partial charge in [0.25, 0.3) is 0 Å². The van der Waals surface area contributed by atoms with E-state index < -0.39 is 0 Å². The van der Waals surface area contributed by atoms with Gasteiger partial charge >= 0.3 is 0 Å². The number of nitrogens with one attached hydrogen (secondary N) is 1. The fraction of sp³-hybridized carbons (Fsp3) is 0.208. The van der Waals surface area contributed by atoms with Gasteiger partial charge in [0, 0.05) is 27.6 Å². The molecule has 0 saturated heterocycles. The van der Waals surface area contributed by atoms with Gasteiger partial charge in [-0.25, -0.2) is 0 Å². The van der Waals surface area contributed by atoms with Crippen molar-refractivity contribution < 1.29 is 4.79 Å². The van der Waals surface area contributed by atoms with Crippen LogP contribution in [0.15, 0.2) is 72.8 Å².